The summed E-state index contributed by atoms with van der Waals surface area (Å²) in [5.74, 6) is -0.0550. The number of likely N-dealkylation sites (tertiary alicyclic amines) is 1. The van der Waals surface area contributed by atoms with Gasteiger partial charge in [0, 0.05) is 42.8 Å². The van der Waals surface area contributed by atoms with Crippen molar-refractivity contribution in [1.29, 1.82) is 0 Å². The molecule has 0 bridgehead atoms. The number of para-hydroxylation sites is 1. The molecule has 46 heavy (non-hydrogen) atoms. The Labute approximate surface area is 270 Å². The number of benzene rings is 2. The van der Waals surface area contributed by atoms with Crippen molar-refractivity contribution in [2.24, 2.45) is 0 Å². The molecular formula is C33H44BN7O5. The average Bonchev–Trinajstić information content (AvgIpc) is 3.79. The molecule has 0 aliphatic carbocycles. The van der Waals surface area contributed by atoms with Crippen molar-refractivity contribution in [3.8, 4) is 5.75 Å². The molecular weight excluding hydrogens is 585 g/mol. The van der Waals surface area contributed by atoms with Gasteiger partial charge in [0.1, 0.15) is 17.8 Å². The molecule has 1 fully saturated rings. The molecule has 2 unspecified atom stereocenters. The Morgan fingerprint density at radius 1 is 1.11 bits per heavy atom. The lowest BCUT2D eigenvalue weighted by Crippen LogP contribution is -2.60. The number of H-pyrrole nitrogens is 1. The lowest BCUT2D eigenvalue weighted by Gasteiger charge is -2.28. The number of methoxy groups -OCH3 is 1. The Bertz CT molecular complexity index is 1640. The highest BCUT2D eigenvalue weighted by molar-refractivity contribution is 6.46. The summed E-state index contributed by atoms with van der Waals surface area (Å²) in [5.41, 5.74) is 1.38. The number of fused-ring (bicyclic) bond motifs is 1. The summed E-state index contributed by atoms with van der Waals surface area (Å²) >= 11 is 0. The summed E-state index contributed by atoms with van der Waals surface area (Å²) in [6, 6.07) is 13.4. The van der Waals surface area contributed by atoms with Gasteiger partial charge < -0.3 is 40.1 Å². The maximum absolute atomic E-state index is 13.8. The van der Waals surface area contributed by atoms with E-state index >= 15 is 0 Å². The fourth-order valence-electron chi connectivity index (χ4n) is 5.75. The molecule has 5 N–H and O–H groups in total. The van der Waals surface area contributed by atoms with Crippen molar-refractivity contribution in [2.45, 2.75) is 65.0 Å². The first kappa shape index (κ1) is 34.3. The Hall–Kier alpha value is -4.62. The van der Waals surface area contributed by atoms with Crippen molar-refractivity contribution in [3.05, 3.63) is 78.4 Å². The zero-order valence-corrected chi connectivity index (χ0v) is 26.0. The number of anilines is 1. The number of ether oxygens (including phenoxy) is 1. The molecule has 3 heterocycles. The van der Waals surface area contributed by atoms with Crippen molar-refractivity contribution >= 4 is 41.5 Å². The van der Waals surface area contributed by atoms with E-state index in [0.29, 0.717) is 18.8 Å². The number of nitrogens with one attached hydrogen (secondary N) is 4. The summed E-state index contributed by atoms with van der Waals surface area (Å²) in [5, 5.41) is 19.3. The molecule has 4 aromatic rings. The first-order valence-electron chi connectivity index (χ1n) is 15.1. The summed E-state index contributed by atoms with van der Waals surface area (Å²) in [4.78, 5) is 50.3. The van der Waals surface area contributed by atoms with Gasteiger partial charge in [0.2, 0.25) is 17.7 Å². The van der Waals surface area contributed by atoms with E-state index in [-0.39, 0.29) is 25.6 Å². The van der Waals surface area contributed by atoms with E-state index in [2.05, 4.69) is 25.8 Å². The van der Waals surface area contributed by atoms with Gasteiger partial charge in [0.15, 0.2) is 5.82 Å². The van der Waals surface area contributed by atoms with Crippen molar-refractivity contribution in [2.75, 3.05) is 25.5 Å². The van der Waals surface area contributed by atoms with Crippen LogP contribution < -0.4 is 20.6 Å². The fourth-order valence-corrected chi connectivity index (χ4v) is 5.75. The minimum Gasteiger partial charge on any atom is -0.497 e. The van der Waals surface area contributed by atoms with E-state index in [1.165, 1.54) is 13.2 Å². The maximum Gasteiger partial charge on any atom is 0.374 e. The van der Waals surface area contributed by atoms with Crippen LogP contribution in [0.2, 0.25) is 6.82 Å². The Kier molecular flexibility index (Phi) is 10.9. The number of nitrogens with zero attached hydrogens (tertiary/aromatic N) is 3. The van der Waals surface area contributed by atoms with Gasteiger partial charge in [-0.25, -0.2) is 4.98 Å². The zero-order valence-electron chi connectivity index (χ0n) is 26.0. The van der Waals surface area contributed by atoms with Gasteiger partial charge in [-0.1, -0.05) is 37.8 Å². The SMILES string of the molecule is C.COc1ccc(C(C(=O)N2CCCC2)n2cnc(NC(=O)C(Cc3c[nH]c4ccccc34)NC(=O)C(C)(C)NB(C)O)c2)cc1. The van der Waals surface area contributed by atoms with E-state index < -0.39 is 36.5 Å². The fraction of sp³-hybridized carbons (Fsp3) is 0.394. The molecule has 5 rings (SSSR count). The normalized spacial score (nSPS) is 14.3. The molecule has 3 amide bonds. The molecule has 2 atom stereocenters. The van der Waals surface area contributed by atoms with Crippen LogP contribution in [0.1, 0.15) is 51.3 Å². The number of imidazole rings is 1. The second kappa shape index (κ2) is 14.7. The second-order valence-electron chi connectivity index (χ2n) is 11.9. The molecule has 0 spiro atoms. The first-order valence-corrected chi connectivity index (χ1v) is 15.1. The molecule has 13 heteroatoms. The highest BCUT2D eigenvalue weighted by Crippen LogP contribution is 2.27. The summed E-state index contributed by atoms with van der Waals surface area (Å²) < 4.78 is 7.00. The zero-order chi connectivity index (χ0) is 32.1. The largest absolute Gasteiger partial charge is 0.497 e. The quantitative estimate of drug-likeness (QED) is 0.151. The summed E-state index contributed by atoms with van der Waals surface area (Å²) in [7, 11) is 0.656. The smallest absolute Gasteiger partial charge is 0.374 e. The molecule has 1 aliphatic heterocycles. The van der Waals surface area contributed by atoms with Crippen LogP contribution in [0.5, 0.6) is 5.75 Å². The molecule has 0 radical (unpaired) electrons. The number of hydrogen-bond donors (Lipinski definition) is 5. The third kappa shape index (κ3) is 7.78. The molecule has 12 nitrogen and oxygen atoms in total. The number of aromatic nitrogens is 3. The maximum atomic E-state index is 13.8. The van der Waals surface area contributed by atoms with Crippen LogP contribution in [0.3, 0.4) is 0 Å². The van der Waals surface area contributed by atoms with Gasteiger partial charge >= 0.3 is 7.05 Å². The average molecular weight is 630 g/mol. The van der Waals surface area contributed by atoms with Crippen LogP contribution >= 0.6 is 0 Å². The van der Waals surface area contributed by atoms with E-state index in [4.69, 9.17) is 4.74 Å². The van der Waals surface area contributed by atoms with Gasteiger partial charge in [-0.2, -0.15) is 0 Å². The van der Waals surface area contributed by atoms with Crippen LogP contribution in [0.15, 0.2) is 67.3 Å². The number of aromatic amines is 1. The molecule has 244 valence electrons. The molecule has 0 saturated carbocycles. The second-order valence-corrected chi connectivity index (χ2v) is 11.9. The minimum absolute atomic E-state index is 0. The number of hydrogen-bond acceptors (Lipinski definition) is 7. The highest BCUT2D eigenvalue weighted by Gasteiger charge is 2.34. The Balaban J connectivity index is 0.00000480. The van der Waals surface area contributed by atoms with Crippen molar-refractivity contribution in [3.63, 3.8) is 0 Å². The highest BCUT2D eigenvalue weighted by atomic mass is 16.5. The molecule has 1 saturated heterocycles. The molecule has 2 aromatic heterocycles. The number of carbonyl (C=O) groups excluding carboxylic acids is 3. The first-order chi connectivity index (χ1) is 21.6. The lowest BCUT2D eigenvalue weighted by molar-refractivity contribution is -0.132. The van der Waals surface area contributed by atoms with Crippen LogP contribution in [-0.4, -0.2) is 81.0 Å². The van der Waals surface area contributed by atoms with Crippen LogP contribution in [0.4, 0.5) is 5.82 Å². The van der Waals surface area contributed by atoms with Crippen LogP contribution in [-0.2, 0) is 20.8 Å². The van der Waals surface area contributed by atoms with Crippen LogP contribution in [0, 0.1) is 0 Å². The predicted octanol–water partition coefficient (Wildman–Crippen LogP) is 3.37. The van der Waals surface area contributed by atoms with Crippen LogP contribution in [0.25, 0.3) is 10.9 Å². The van der Waals surface area contributed by atoms with Crippen molar-refractivity contribution in [1.82, 2.24) is 30.0 Å². The Morgan fingerprint density at radius 3 is 2.48 bits per heavy atom. The van der Waals surface area contributed by atoms with E-state index in [1.54, 1.807) is 31.7 Å². The topological polar surface area (TPSA) is 154 Å². The predicted molar refractivity (Wildman–Crippen MR) is 180 cm³/mol. The number of amides is 3. The third-order valence-corrected chi connectivity index (χ3v) is 8.09. The van der Waals surface area contributed by atoms with Crippen molar-refractivity contribution < 1.29 is 24.1 Å². The Morgan fingerprint density at radius 2 is 1.80 bits per heavy atom. The summed E-state index contributed by atoms with van der Waals surface area (Å²) in [6.07, 6.45) is 7.11. The lowest BCUT2D eigenvalue weighted by atomic mass is 9.83. The van der Waals surface area contributed by atoms with Gasteiger partial charge in [0.25, 0.3) is 0 Å². The van der Waals surface area contributed by atoms with E-state index in [1.807, 2.05) is 59.6 Å². The van der Waals surface area contributed by atoms with Gasteiger partial charge in [-0.05, 0) is 62.8 Å². The standard InChI is InChI=1S/C32H40BN7O5.CH4/c1-32(2,38-33(3)44)31(43)36-26(17-22-18-34-25-10-6-5-9-24(22)25)29(41)37-27-19-40(20-35-27)28(30(42)39-15-7-8-16-39)21-11-13-23(45-4)14-12-21;/h5-6,9-14,18-20,26,28,34,38,44H,7-8,15-17H2,1-4H3,(H,36,43)(H,37,41);1H4. The van der Waals surface area contributed by atoms with E-state index in [9.17, 15) is 19.4 Å². The minimum atomic E-state index is -1.16. The summed E-state index contributed by atoms with van der Waals surface area (Å²) in [6.45, 7) is 6.18. The van der Waals surface area contributed by atoms with E-state index in [0.717, 1.165) is 34.9 Å². The molecule has 1 aliphatic rings. The van der Waals surface area contributed by atoms with Gasteiger partial charge in [0.05, 0.1) is 19.0 Å². The van der Waals surface area contributed by atoms with Gasteiger partial charge in [-0.3, -0.25) is 14.4 Å². The number of rotatable bonds is 12. The monoisotopic (exact) mass is 629 g/mol. The number of carbonyl (C=O) groups is 3. The van der Waals surface area contributed by atoms with Gasteiger partial charge in [-0.15, -0.1) is 0 Å². The molecule has 2 aromatic carbocycles. The third-order valence-electron chi connectivity index (χ3n) is 8.09.